The van der Waals surface area contributed by atoms with Crippen LogP contribution < -0.4 is 15.6 Å². The van der Waals surface area contributed by atoms with Crippen molar-refractivity contribution in [2.24, 2.45) is 0 Å². The topological polar surface area (TPSA) is 128 Å². The summed E-state index contributed by atoms with van der Waals surface area (Å²) in [5.41, 5.74) is -1.07. The number of hydrogen-bond donors (Lipinski definition) is 4. The maximum Gasteiger partial charge on any atom is 0.275 e. The Morgan fingerprint density at radius 2 is 2.05 bits per heavy atom. The minimum absolute atomic E-state index is 0.00134. The molecule has 4 N–H and O–H groups in total. The van der Waals surface area contributed by atoms with E-state index in [4.69, 9.17) is 17.0 Å². The number of aromatic nitrogens is 2. The molecule has 1 rings (SSSR count). The molecule has 0 spiro atoms. The van der Waals surface area contributed by atoms with Gasteiger partial charge in [-0.2, -0.15) is 0 Å². The SMILES string of the molecule is CC(C)(C)NS(=O)(=O)CCNc1c(C=N)nc(Cl)[nH]c1=O. The van der Waals surface area contributed by atoms with Gasteiger partial charge in [0.15, 0.2) is 0 Å². The molecule has 0 radical (unpaired) electrons. The van der Waals surface area contributed by atoms with Crippen LogP contribution in [0.3, 0.4) is 0 Å². The molecule has 0 amide bonds. The Labute approximate surface area is 127 Å². The van der Waals surface area contributed by atoms with E-state index in [2.05, 4.69) is 20.0 Å². The summed E-state index contributed by atoms with van der Waals surface area (Å²) in [7, 11) is -3.48. The zero-order valence-corrected chi connectivity index (χ0v) is 13.5. The van der Waals surface area contributed by atoms with E-state index in [0.29, 0.717) is 0 Å². The third kappa shape index (κ3) is 5.82. The highest BCUT2D eigenvalue weighted by Crippen LogP contribution is 2.07. The molecular formula is C11H18ClN5O3S. The Bertz CT molecular complexity index is 678. The number of aromatic amines is 1. The highest BCUT2D eigenvalue weighted by molar-refractivity contribution is 7.89. The molecule has 10 heteroatoms. The summed E-state index contributed by atoms with van der Waals surface area (Å²) in [4.78, 5) is 17.7. The quantitative estimate of drug-likeness (QED) is 0.446. The van der Waals surface area contributed by atoms with Gasteiger partial charge in [0.2, 0.25) is 15.3 Å². The molecule has 0 saturated heterocycles. The van der Waals surface area contributed by atoms with Crippen molar-refractivity contribution >= 4 is 33.5 Å². The lowest BCUT2D eigenvalue weighted by Crippen LogP contribution is -2.42. The second-order valence-electron chi connectivity index (χ2n) is 5.36. The standard InChI is InChI=1S/C11H18ClN5O3S/c1-11(2,3)17-21(19,20)5-4-14-8-7(6-13)15-10(12)16-9(8)18/h6,13-14,17H,4-5H2,1-3H3,(H,15,16,18). The Kier molecular flexibility index (Phi) is 5.48. The Morgan fingerprint density at radius 3 is 2.57 bits per heavy atom. The van der Waals surface area contributed by atoms with E-state index in [1.807, 2.05) is 0 Å². The first kappa shape index (κ1) is 17.6. The van der Waals surface area contributed by atoms with Gasteiger partial charge in [0.1, 0.15) is 11.4 Å². The van der Waals surface area contributed by atoms with Gasteiger partial charge in [-0.15, -0.1) is 0 Å². The molecule has 118 valence electrons. The van der Waals surface area contributed by atoms with Crippen LogP contribution in [0.15, 0.2) is 4.79 Å². The molecule has 21 heavy (non-hydrogen) atoms. The van der Waals surface area contributed by atoms with E-state index in [1.54, 1.807) is 20.8 Å². The van der Waals surface area contributed by atoms with E-state index in [-0.39, 0.29) is 29.0 Å². The van der Waals surface area contributed by atoms with E-state index >= 15 is 0 Å². The molecule has 0 saturated carbocycles. The molecular weight excluding hydrogens is 318 g/mol. The fourth-order valence-corrected chi connectivity index (χ4v) is 3.15. The van der Waals surface area contributed by atoms with Crippen LogP contribution in [0.2, 0.25) is 5.28 Å². The van der Waals surface area contributed by atoms with Crippen LogP contribution in [0.1, 0.15) is 26.5 Å². The molecule has 1 heterocycles. The van der Waals surface area contributed by atoms with Gasteiger partial charge in [0.25, 0.3) is 5.56 Å². The van der Waals surface area contributed by atoms with Crippen molar-refractivity contribution in [3.63, 3.8) is 0 Å². The zero-order valence-electron chi connectivity index (χ0n) is 11.9. The molecule has 0 aromatic carbocycles. The Balaban J connectivity index is 2.78. The minimum atomic E-state index is -3.48. The first-order valence-electron chi connectivity index (χ1n) is 6.10. The van der Waals surface area contributed by atoms with Crippen molar-refractivity contribution in [2.75, 3.05) is 17.6 Å². The van der Waals surface area contributed by atoms with Crippen LogP contribution in [0, 0.1) is 5.41 Å². The highest BCUT2D eigenvalue weighted by atomic mass is 35.5. The number of rotatable bonds is 6. The van der Waals surface area contributed by atoms with Gasteiger partial charge >= 0.3 is 0 Å². The summed E-state index contributed by atoms with van der Waals surface area (Å²) in [6.07, 6.45) is 0.866. The second kappa shape index (κ2) is 6.54. The van der Waals surface area contributed by atoms with Crippen molar-refractivity contribution in [1.82, 2.24) is 14.7 Å². The lowest BCUT2D eigenvalue weighted by molar-refractivity contribution is 0.492. The van der Waals surface area contributed by atoms with E-state index in [1.165, 1.54) is 0 Å². The van der Waals surface area contributed by atoms with Crippen LogP contribution in [-0.2, 0) is 10.0 Å². The minimum Gasteiger partial charge on any atom is -0.378 e. The third-order valence-corrected chi connectivity index (χ3v) is 4.03. The summed E-state index contributed by atoms with van der Waals surface area (Å²) in [6.45, 7) is 5.20. The van der Waals surface area contributed by atoms with Gasteiger partial charge in [-0.1, -0.05) is 0 Å². The second-order valence-corrected chi connectivity index (χ2v) is 7.56. The average molecular weight is 336 g/mol. The molecule has 1 aromatic heterocycles. The van der Waals surface area contributed by atoms with Crippen LogP contribution in [0.5, 0.6) is 0 Å². The Hall–Kier alpha value is -1.45. The zero-order chi connectivity index (χ0) is 16.3. The van der Waals surface area contributed by atoms with Gasteiger partial charge in [-0.3, -0.25) is 9.78 Å². The first-order valence-corrected chi connectivity index (χ1v) is 8.13. The maximum atomic E-state index is 11.8. The highest BCUT2D eigenvalue weighted by Gasteiger charge is 2.19. The molecule has 0 bridgehead atoms. The third-order valence-electron chi connectivity index (χ3n) is 2.19. The summed E-state index contributed by atoms with van der Waals surface area (Å²) in [5, 5.41) is 9.72. The average Bonchev–Trinajstić information content (AvgIpc) is 2.27. The first-order chi connectivity index (χ1) is 9.54. The van der Waals surface area contributed by atoms with E-state index in [0.717, 1.165) is 6.21 Å². The number of nitrogens with one attached hydrogen (secondary N) is 4. The normalized spacial score (nSPS) is 12.2. The van der Waals surface area contributed by atoms with Crippen LogP contribution in [-0.4, -0.2) is 42.4 Å². The van der Waals surface area contributed by atoms with Crippen LogP contribution in [0.4, 0.5) is 5.69 Å². The van der Waals surface area contributed by atoms with Crippen molar-refractivity contribution in [3.05, 3.63) is 21.3 Å². The lowest BCUT2D eigenvalue weighted by atomic mass is 10.1. The Morgan fingerprint density at radius 1 is 1.43 bits per heavy atom. The molecule has 0 aliphatic rings. The van der Waals surface area contributed by atoms with E-state index < -0.39 is 21.1 Å². The van der Waals surface area contributed by atoms with Gasteiger partial charge in [-0.25, -0.2) is 18.1 Å². The van der Waals surface area contributed by atoms with Gasteiger partial charge in [0, 0.05) is 18.3 Å². The summed E-state index contributed by atoms with van der Waals surface area (Å²) in [5.74, 6) is -0.218. The molecule has 0 atom stereocenters. The summed E-state index contributed by atoms with van der Waals surface area (Å²) in [6, 6.07) is 0. The summed E-state index contributed by atoms with van der Waals surface area (Å²) < 4.78 is 26.1. The van der Waals surface area contributed by atoms with Crippen LogP contribution in [0.25, 0.3) is 0 Å². The number of hydrogen-bond acceptors (Lipinski definition) is 6. The van der Waals surface area contributed by atoms with Crippen molar-refractivity contribution in [1.29, 1.82) is 5.41 Å². The van der Waals surface area contributed by atoms with Gasteiger partial charge in [-0.05, 0) is 32.4 Å². The number of anilines is 1. The van der Waals surface area contributed by atoms with Crippen molar-refractivity contribution < 1.29 is 8.42 Å². The van der Waals surface area contributed by atoms with Crippen LogP contribution >= 0.6 is 11.6 Å². The molecule has 0 aliphatic heterocycles. The molecule has 0 unspecified atom stereocenters. The fraction of sp³-hybridized carbons (Fsp3) is 0.545. The van der Waals surface area contributed by atoms with Gasteiger partial charge < -0.3 is 10.7 Å². The number of sulfonamides is 1. The monoisotopic (exact) mass is 335 g/mol. The number of H-pyrrole nitrogens is 1. The van der Waals surface area contributed by atoms with Crippen molar-refractivity contribution in [2.45, 2.75) is 26.3 Å². The molecule has 0 aliphatic carbocycles. The molecule has 0 fully saturated rings. The van der Waals surface area contributed by atoms with E-state index in [9.17, 15) is 13.2 Å². The van der Waals surface area contributed by atoms with Crippen molar-refractivity contribution in [3.8, 4) is 0 Å². The summed E-state index contributed by atoms with van der Waals surface area (Å²) >= 11 is 5.58. The molecule has 1 aromatic rings. The largest absolute Gasteiger partial charge is 0.378 e. The smallest absolute Gasteiger partial charge is 0.275 e. The molecule has 8 nitrogen and oxygen atoms in total. The lowest BCUT2D eigenvalue weighted by Gasteiger charge is -2.20. The predicted molar refractivity (Wildman–Crippen MR) is 82.9 cm³/mol. The van der Waals surface area contributed by atoms with Gasteiger partial charge in [0.05, 0.1) is 5.75 Å². The number of nitrogens with zero attached hydrogens (tertiary/aromatic N) is 1. The fourth-order valence-electron chi connectivity index (χ4n) is 1.57. The predicted octanol–water partition coefficient (Wildman–Crippen LogP) is 0.551. The maximum absolute atomic E-state index is 11.8. The number of halogens is 1.